The van der Waals surface area contributed by atoms with Crippen molar-refractivity contribution < 1.29 is 47.5 Å². The van der Waals surface area contributed by atoms with Crippen molar-refractivity contribution in [2.75, 3.05) is 20.3 Å². The highest BCUT2D eigenvalue weighted by molar-refractivity contribution is 5.67. The van der Waals surface area contributed by atoms with Crippen molar-refractivity contribution in [2.24, 2.45) is 28.6 Å². The van der Waals surface area contributed by atoms with Crippen LogP contribution in [0.2, 0.25) is 0 Å². The summed E-state index contributed by atoms with van der Waals surface area (Å²) in [5.74, 6) is -0.964. The van der Waals surface area contributed by atoms with Gasteiger partial charge in [0.2, 0.25) is 0 Å². The molecule has 0 N–H and O–H groups in total. The highest BCUT2D eigenvalue weighted by atomic mass is 16.8. The molecule has 3 saturated heterocycles. The average molecular weight is 525 g/mol. The first-order valence-electron chi connectivity index (χ1n) is 13.4. The minimum Gasteiger partial charge on any atom is -0.465 e. The maximum atomic E-state index is 12.4. The van der Waals surface area contributed by atoms with Crippen LogP contribution < -0.4 is 0 Å². The van der Waals surface area contributed by atoms with Crippen LogP contribution in [0.4, 0.5) is 0 Å². The first kappa shape index (κ1) is 26.8. The second-order valence-corrected chi connectivity index (χ2v) is 11.9. The van der Waals surface area contributed by atoms with Crippen LogP contribution in [0.1, 0.15) is 66.7 Å². The van der Waals surface area contributed by atoms with Crippen molar-refractivity contribution in [2.45, 2.75) is 103 Å². The molecule has 5 rings (SSSR count). The zero-order chi connectivity index (χ0) is 26.8. The molecule has 2 aliphatic carbocycles. The molecule has 5 aliphatic rings. The van der Waals surface area contributed by atoms with Gasteiger partial charge in [-0.25, -0.2) is 0 Å². The van der Waals surface area contributed by atoms with E-state index in [9.17, 15) is 14.4 Å². The molecule has 0 amide bonds. The van der Waals surface area contributed by atoms with Crippen LogP contribution in [0.15, 0.2) is 0 Å². The minimum atomic E-state index is -0.912. The lowest BCUT2D eigenvalue weighted by molar-refractivity contribution is -0.276. The Balaban J connectivity index is 1.57. The number of carbonyl (C=O) groups excluding carboxylic acids is 3. The Labute approximate surface area is 217 Å². The number of fused-ring (bicyclic) bond motifs is 3. The summed E-state index contributed by atoms with van der Waals surface area (Å²) in [7, 11) is 1.64. The molecule has 37 heavy (non-hydrogen) atoms. The predicted molar refractivity (Wildman–Crippen MR) is 127 cm³/mol. The zero-order valence-electron chi connectivity index (χ0n) is 22.7. The van der Waals surface area contributed by atoms with E-state index in [2.05, 4.69) is 13.8 Å². The lowest BCUT2D eigenvalue weighted by Gasteiger charge is -2.64. The monoisotopic (exact) mass is 524 g/mol. The van der Waals surface area contributed by atoms with Gasteiger partial charge in [0.05, 0.1) is 18.1 Å². The third-order valence-corrected chi connectivity index (χ3v) is 10.1. The van der Waals surface area contributed by atoms with Crippen molar-refractivity contribution in [1.29, 1.82) is 0 Å². The van der Waals surface area contributed by atoms with Gasteiger partial charge in [-0.05, 0) is 37.5 Å². The van der Waals surface area contributed by atoms with E-state index in [0.29, 0.717) is 25.9 Å². The first-order valence-corrected chi connectivity index (χ1v) is 13.4. The van der Waals surface area contributed by atoms with E-state index in [1.807, 2.05) is 0 Å². The van der Waals surface area contributed by atoms with Crippen LogP contribution in [-0.2, 0) is 47.5 Å². The third kappa shape index (κ3) is 4.10. The molecule has 10 nitrogen and oxygen atoms in total. The van der Waals surface area contributed by atoms with Crippen molar-refractivity contribution >= 4 is 17.9 Å². The molecule has 208 valence electrons. The van der Waals surface area contributed by atoms with E-state index >= 15 is 0 Å². The molecule has 3 aliphatic heterocycles. The van der Waals surface area contributed by atoms with E-state index in [4.69, 9.17) is 33.2 Å². The van der Waals surface area contributed by atoms with Crippen molar-refractivity contribution in [3.8, 4) is 0 Å². The highest BCUT2D eigenvalue weighted by Gasteiger charge is 2.80. The molecule has 0 aromatic heterocycles. The van der Waals surface area contributed by atoms with Crippen LogP contribution >= 0.6 is 0 Å². The summed E-state index contributed by atoms with van der Waals surface area (Å²) in [6, 6.07) is 0. The lowest BCUT2D eigenvalue weighted by Crippen LogP contribution is -2.72. The summed E-state index contributed by atoms with van der Waals surface area (Å²) in [6.45, 7) is 8.92. The number of hydrogen-bond donors (Lipinski definition) is 0. The summed E-state index contributed by atoms with van der Waals surface area (Å²) >= 11 is 0. The topological polar surface area (TPSA) is 119 Å². The largest absolute Gasteiger partial charge is 0.465 e. The van der Waals surface area contributed by atoms with Gasteiger partial charge in [0.1, 0.15) is 24.4 Å². The van der Waals surface area contributed by atoms with Crippen molar-refractivity contribution in [3.05, 3.63) is 0 Å². The van der Waals surface area contributed by atoms with Crippen LogP contribution in [-0.4, -0.2) is 74.7 Å². The Morgan fingerprint density at radius 3 is 2.16 bits per heavy atom. The SMILES string of the molecule is CO[C@H]1C[C@H]2C[C@@H]([C@@]3(C)[C@H](C)C[C@H](OC(C)=O)[C@]4(COC(C)=O)[C@H]3CC[C@H](OC(C)=O)[C@]43CO3)O[C@H]2O1. The number of epoxide rings is 1. The molecule has 1 spiro atoms. The van der Waals surface area contributed by atoms with E-state index in [0.717, 1.165) is 12.8 Å². The fourth-order valence-electron chi connectivity index (χ4n) is 8.28. The molecule has 0 bridgehead atoms. The number of ether oxygens (including phenoxy) is 7. The van der Waals surface area contributed by atoms with Crippen LogP contribution in [0.3, 0.4) is 0 Å². The Morgan fingerprint density at radius 1 is 0.919 bits per heavy atom. The molecule has 0 unspecified atom stereocenters. The van der Waals surface area contributed by atoms with Gasteiger partial charge < -0.3 is 33.2 Å². The molecule has 3 heterocycles. The van der Waals surface area contributed by atoms with Gasteiger partial charge in [-0.2, -0.15) is 0 Å². The second kappa shape index (κ2) is 9.47. The molecule has 2 saturated carbocycles. The average Bonchev–Trinajstić information content (AvgIpc) is 3.36. The number of hydrogen-bond acceptors (Lipinski definition) is 10. The Hall–Kier alpha value is -1.75. The van der Waals surface area contributed by atoms with Crippen LogP contribution in [0.5, 0.6) is 0 Å². The normalized spacial score (nSPS) is 48.2. The Bertz CT molecular complexity index is 918. The Morgan fingerprint density at radius 2 is 1.59 bits per heavy atom. The smallest absolute Gasteiger partial charge is 0.303 e. The van der Waals surface area contributed by atoms with Crippen molar-refractivity contribution in [1.82, 2.24) is 0 Å². The van der Waals surface area contributed by atoms with Gasteiger partial charge in [0.15, 0.2) is 12.6 Å². The summed E-state index contributed by atoms with van der Waals surface area (Å²) in [4.78, 5) is 36.6. The molecule has 5 fully saturated rings. The highest BCUT2D eigenvalue weighted by Crippen LogP contribution is 2.70. The molecule has 0 radical (unpaired) electrons. The van der Waals surface area contributed by atoms with Gasteiger partial charge in [-0.15, -0.1) is 0 Å². The van der Waals surface area contributed by atoms with Crippen LogP contribution in [0.25, 0.3) is 0 Å². The summed E-state index contributed by atoms with van der Waals surface area (Å²) < 4.78 is 41.8. The molecular formula is C27H40O10. The maximum Gasteiger partial charge on any atom is 0.303 e. The standard InChI is InChI=1S/C27H40O10/c1-14-9-22(35-17(4)30)26(12-32-15(2)28)19(7-8-20(34-16(3)29)27(26)13-33-27)25(14,5)21-10-18-11-23(31-6)37-24(18)36-21/h14,18-24H,7-13H2,1-6H3/t14-,18-,19+,20+,21+,22+,23-,24+,25+,26+,27-/m1/s1. The van der Waals surface area contributed by atoms with E-state index in [-0.39, 0.29) is 48.5 Å². The number of carbonyl (C=O) groups is 3. The van der Waals surface area contributed by atoms with E-state index in [1.165, 1.54) is 20.8 Å². The summed E-state index contributed by atoms with van der Waals surface area (Å²) in [6.07, 6.45) is 1.63. The van der Waals surface area contributed by atoms with E-state index in [1.54, 1.807) is 7.11 Å². The Kier molecular flexibility index (Phi) is 6.87. The maximum absolute atomic E-state index is 12.4. The van der Waals surface area contributed by atoms with Gasteiger partial charge in [0, 0.05) is 45.6 Å². The number of rotatable bonds is 6. The number of methoxy groups -OCH3 is 1. The van der Waals surface area contributed by atoms with Crippen LogP contribution in [0, 0.1) is 28.6 Å². The molecule has 0 aromatic rings. The zero-order valence-corrected chi connectivity index (χ0v) is 22.7. The minimum absolute atomic E-state index is 0.00679. The quantitative estimate of drug-likeness (QED) is 0.291. The van der Waals surface area contributed by atoms with Gasteiger partial charge in [-0.3, -0.25) is 14.4 Å². The van der Waals surface area contributed by atoms with Crippen molar-refractivity contribution in [3.63, 3.8) is 0 Å². The van der Waals surface area contributed by atoms with Gasteiger partial charge in [-0.1, -0.05) is 13.8 Å². The molecule has 0 aromatic carbocycles. The van der Waals surface area contributed by atoms with E-state index < -0.39 is 41.1 Å². The predicted octanol–water partition coefficient (Wildman–Crippen LogP) is 2.75. The fourth-order valence-corrected chi connectivity index (χ4v) is 8.28. The number of esters is 3. The summed E-state index contributed by atoms with van der Waals surface area (Å²) in [5.41, 5.74) is -2.18. The third-order valence-electron chi connectivity index (χ3n) is 10.1. The first-order chi connectivity index (χ1) is 17.5. The second-order valence-electron chi connectivity index (χ2n) is 11.9. The summed E-state index contributed by atoms with van der Waals surface area (Å²) in [5, 5.41) is 0. The molecule has 11 atom stereocenters. The van der Waals surface area contributed by atoms with Gasteiger partial charge in [0.25, 0.3) is 0 Å². The fraction of sp³-hybridized carbons (Fsp3) is 0.889. The lowest BCUT2D eigenvalue weighted by atomic mass is 9.42. The molecular weight excluding hydrogens is 484 g/mol. The van der Waals surface area contributed by atoms with Gasteiger partial charge >= 0.3 is 17.9 Å². The molecule has 10 heteroatoms.